The van der Waals surface area contributed by atoms with Crippen molar-refractivity contribution >= 4 is 28.6 Å². The number of carbonyl (C=O) groups excluding carboxylic acids is 2. The Balaban J connectivity index is 1.62. The van der Waals surface area contributed by atoms with Crippen LogP contribution in [0.25, 0.3) is 16.7 Å². The van der Waals surface area contributed by atoms with E-state index in [4.69, 9.17) is 0 Å². The van der Waals surface area contributed by atoms with Crippen LogP contribution in [0, 0.1) is 0 Å². The van der Waals surface area contributed by atoms with Crippen molar-refractivity contribution in [3.05, 3.63) is 76.3 Å². The first kappa shape index (κ1) is 19.0. The van der Waals surface area contributed by atoms with Crippen molar-refractivity contribution in [3.63, 3.8) is 0 Å². The Hall–Kier alpha value is -4.01. The fourth-order valence-electron chi connectivity index (χ4n) is 4.27. The average Bonchev–Trinajstić information content (AvgIpc) is 3.33. The fourth-order valence-corrected chi connectivity index (χ4v) is 4.27. The van der Waals surface area contributed by atoms with Crippen LogP contribution >= 0.6 is 0 Å². The lowest BCUT2D eigenvalue weighted by atomic mass is 9.87. The Morgan fingerprint density at radius 2 is 1.68 bits per heavy atom. The van der Waals surface area contributed by atoms with E-state index < -0.39 is 11.6 Å². The molecule has 3 heterocycles. The second-order valence-electron chi connectivity index (χ2n) is 7.58. The normalized spacial score (nSPS) is 18.8. The van der Waals surface area contributed by atoms with Gasteiger partial charge in [-0.1, -0.05) is 49.4 Å². The molecule has 1 saturated heterocycles. The Morgan fingerprint density at radius 1 is 0.968 bits per heavy atom. The summed E-state index contributed by atoms with van der Waals surface area (Å²) in [5.41, 5.74) is 0.0502. The molecule has 1 aliphatic heterocycles. The number of para-hydroxylation sites is 1. The predicted molar refractivity (Wildman–Crippen MR) is 113 cm³/mol. The van der Waals surface area contributed by atoms with Gasteiger partial charge in [0, 0.05) is 7.05 Å². The van der Waals surface area contributed by atoms with Crippen molar-refractivity contribution in [2.45, 2.75) is 25.4 Å². The summed E-state index contributed by atoms with van der Waals surface area (Å²) in [5.74, 6) is 0.401. The molecule has 1 N–H and O–H groups in total. The van der Waals surface area contributed by atoms with Crippen molar-refractivity contribution in [2.75, 3.05) is 0 Å². The van der Waals surface area contributed by atoms with Crippen LogP contribution in [-0.4, -0.2) is 36.0 Å². The third kappa shape index (κ3) is 2.59. The van der Waals surface area contributed by atoms with E-state index in [2.05, 4.69) is 15.5 Å². The molecule has 0 bridgehead atoms. The maximum Gasteiger partial charge on any atom is 0.325 e. The molecule has 9 heteroatoms. The summed E-state index contributed by atoms with van der Waals surface area (Å²) in [6.45, 7) is 1.80. The van der Waals surface area contributed by atoms with E-state index in [0.717, 1.165) is 10.5 Å². The molecule has 2 aromatic carbocycles. The number of amides is 3. The topological polar surface area (TPSA) is 102 Å². The van der Waals surface area contributed by atoms with Crippen LogP contribution in [-0.2, 0) is 23.9 Å². The first-order valence-corrected chi connectivity index (χ1v) is 9.99. The molecule has 9 nitrogen and oxygen atoms in total. The quantitative estimate of drug-likeness (QED) is 0.513. The van der Waals surface area contributed by atoms with Gasteiger partial charge >= 0.3 is 6.03 Å². The predicted octanol–water partition coefficient (Wildman–Crippen LogP) is 1.94. The summed E-state index contributed by atoms with van der Waals surface area (Å²) in [7, 11) is 1.62. The zero-order chi connectivity index (χ0) is 21.8. The molecule has 1 fully saturated rings. The summed E-state index contributed by atoms with van der Waals surface area (Å²) in [6, 6.07) is 15.9. The van der Waals surface area contributed by atoms with Crippen molar-refractivity contribution < 1.29 is 9.59 Å². The second-order valence-corrected chi connectivity index (χ2v) is 7.58. The van der Waals surface area contributed by atoms with Gasteiger partial charge in [0.25, 0.3) is 11.5 Å². The summed E-state index contributed by atoms with van der Waals surface area (Å²) in [6.07, 6.45) is 0.413. The van der Waals surface area contributed by atoms with Crippen LogP contribution in [0.3, 0.4) is 0 Å². The summed E-state index contributed by atoms with van der Waals surface area (Å²) >= 11 is 0. The molecule has 1 unspecified atom stereocenters. The van der Waals surface area contributed by atoms with Gasteiger partial charge in [0.2, 0.25) is 5.78 Å². The number of benzene rings is 2. The highest BCUT2D eigenvalue weighted by atomic mass is 16.2. The Kier molecular flexibility index (Phi) is 4.14. The molecule has 3 amide bonds. The Morgan fingerprint density at radius 3 is 2.42 bits per heavy atom. The third-order valence-corrected chi connectivity index (χ3v) is 5.97. The zero-order valence-corrected chi connectivity index (χ0v) is 17.1. The van der Waals surface area contributed by atoms with E-state index in [-0.39, 0.29) is 18.0 Å². The second kappa shape index (κ2) is 6.76. The van der Waals surface area contributed by atoms with Gasteiger partial charge < -0.3 is 5.32 Å². The molecule has 1 atom stereocenters. The standard InChI is InChI=1S/C22H20N6O3/c1-3-22(14-9-5-4-6-10-14)19(30)27(21(31)23-22)13-17-24-25-20-26(2)18(29)15-11-7-8-12-16(15)28(17)20/h4-12H,3,13H2,1-2H3,(H,23,31). The minimum Gasteiger partial charge on any atom is -0.319 e. The largest absolute Gasteiger partial charge is 0.325 e. The maximum atomic E-state index is 13.4. The summed E-state index contributed by atoms with van der Waals surface area (Å²) in [4.78, 5) is 40.1. The number of nitrogens with one attached hydrogen (secondary N) is 1. The van der Waals surface area contributed by atoms with Crippen molar-refractivity contribution in [3.8, 4) is 0 Å². The lowest BCUT2D eigenvalue weighted by molar-refractivity contribution is -0.132. The first-order chi connectivity index (χ1) is 15.0. The van der Waals surface area contributed by atoms with Crippen molar-refractivity contribution in [1.82, 2.24) is 29.4 Å². The molecular formula is C22H20N6O3. The molecule has 0 spiro atoms. The van der Waals surface area contributed by atoms with E-state index in [1.54, 1.807) is 29.6 Å². The summed E-state index contributed by atoms with van der Waals surface area (Å²) < 4.78 is 3.12. The number of aryl methyl sites for hydroxylation is 1. The van der Waals surface area contributed by atoms with Crippen LogP contribution in [0.2, 0.25) is 0 Å². The van der Waals surface area contributed by atoms with E-state index in [1.807, 2.05) is 43.3 Å². The molecule has 156 valence electrons. The maximum absolute atomic E-state index is 13.4. The summed E-state index contributed by atoms with van der Waals surface area (Å²) in [5, 5.41) is 11.7. The smallest absolute Gasteiger partial charge is 0.319 e. The Labute approximate surface area is 176 Å². The van der Waals surface area contributed by atoms with E-state index in [0.29, 0.717) is 28.9 Å². The number of hydrogen-bond donors (Lipinski definition) is 1. The third-order valence-electron chi connectivity index (χ3n) is 5.97. The number of rotatable bonds is 4. The number of fused-ring (bicyclic) bond motifs is 3. The highest BCUT2D eigenvalue weighted by Crippen LogP contribution is 2.33. The molecule has 0 saturated carbocycles. The monoisotopic (exact) mass is 416 g/mol. The van der Waals surface area contributed by atoms with Crippen LogP contribution in [0.5, 0.6) is 0 Å². The number of aromatic nitrogens is 4. The minimum absolute atomic E-state index is 0.0669. The Bertz CT molecular complexity index is 1410. The molecule has 5 rings (SSSR count). The molecule has 31 heavy (non-hydrogen) atoms. The molecule has 2 aromatic heterocycles. The lowest BCUT2D eigenvalue weighted by Crippen LogP contribution is -2.43. The molecule has 1 aliphatic rings. The van der Waals surface area contributed by atoms with Crippen LogP contribution in [0.1, 0.15) is 24.7 Å². The molecule has 0 radical (unpaired) electrons. The lowest BCUT2D eigenvalue weighted by Gasteiger charge is -2.25. The highest BCUT2D eigenvalue weighted by Gasteiger charge is 2.51. The SMILES string of the molecule is CCC1(c2ccccc2)NC(=O)N(Cc2nnc3n(C)c(=O)c4ccccc4n23)C1=O. The van der Waals surface area contributed by atoms with Crippen LogP contribution < -0.4 is 10.9 Å². The number of urea groups is 1. The van der Waals surface area contributed by atoms with E-state index in [9.17, 15) is 14.4 Å². The highest BCUT2D eigenvalue weighted by molar-refractivity contribution is 6.07. The van der Waals surface area contributed by atoms with Crippen LogP contribution in [0.15, 0.2) is 59.4 Å². The van der Waals surface area contributed by atoms with Gasteiger partial charge in [-0.05, 0) is 24.1 Å². The molecule has 0 aliphatic carbocycles. The molecular weight excluding hydrogens is 396 g/mol. The van der Waals surface area contributed by atoms with Gasteiger partial charge in [-0.2, -0.15) is 0 Å². The number of carbonyl (C=O) groups is 2. The van der Waals surface area contributed by atoms with Crippen molar-refractivity contribution in [2.24, 2.45) is 7.05 Å². The van der Waals surface area contributed by atoms with Crippen LogP contribution in [0.4, 0.5) is 4.79 Å². The fraction of sp³-hybridized carbons (Fsp3) is 0.227. The number of imide groups is 1. The first-order valence-electron chi connectivity index (χ1n) is 9.99. The van der Waals surface area contributed by atoms with E-state index in [1.165, 1.54) is 4.57 Å². The van der Waals surface area contributed by atoms with Gasteiger partial charge in [0.1, 0.15) is 5.54 Å². The van der Waals surface area contributed by atoms with E-state index >= 15 is 0 Å². The zero-order valence-electron chi connectivity index (χ0n) is 17.1. The van der Waals surface area contributed by atoms with Gasteiger partial charge in [-0.25, -0.2) is 4.79 Å². The van der Waals surface area contributed by atoms with Gasteiger partial charge in [0.15, 0.2) is 5.82 Å². The average molecular weight is 416 g/mol. The van der Waals surface area contributed by atoms with Crippen molar-refractivity contribution in [1.29, 1.82) is 0 Å². The van der Waals surface area contributed by atoms with Gasteiger partial charge in [-0.3, -0.25) is 23.5 Å². The number of nitrogens with zero attached hydrogens (tertiary/aromatic N) is 5. The molecule has 4 aromatic rings. The number of hydrogen-bond acceptors (Lipinski definition) is 5. The van der Waals surface area contributed by atoms with Gasteiger partial charge in [-0.15, -0.1) is 10.2 Å². The minimum atomic E-state index is -1.12. The van der Waals surface area contributed by atoms with Gasteiger partial charge in [0.05, 0.1) is 17.4 Å².